The quantitative estimate of drug-likeness (QED) is 0.748. The molecule has 20 heavy (non-hydrogen) atoms. The first-order valence-electron chi connectivity index (χ1n) is 7.72. The molecule has 112 valence electrons. The number of hydrogen-bond donors (Lipinski definition) is 1. The zero-order chi connectivity index (χ0) is 13.8. The van der Waals surface area contributed by atoms with E-state index < -0.39 is 0 Å². The first-order chi connectivity index (χ1) is 9.86. The molecule has 1 aliphatic carbocycles. The van der Waals surface area contributed by atoms with Gasteiger partial charge < -0.3 is 14.8 Å². The van der Waals surface area contributed by atoms with Gasteiger partial charge in [-0.2, -0.15) is 0 Å². The lowest BCUT2D eigenvalue weighted by molar-refractivity contribution is 0.144. The van der Waals surface area contributed by atoms with Crippen LogP contribution in [0.4, 0.5) is 0 Å². The van der Waals surface area contributed by atoms with Crippen LogP contribution in [0.1, 0.15) is 45.4 Å². The highest BCUT2D eigenvalue weighted by atomic mass is 32.1. The van der Waals surface area contributed by atoms with E-state index in [2.05, 4.69) is 21.0 Å². The van der Waals surface area contributed by atoms with Gasteiger partial charge in [0.15, 0.2) is 0 Å². The number of ether oxygens (including phenoxy) is 2. The fourth-order valence-corrected chi connectivity index (χ4v) is 3.54. The zero-order valence-corrected chi connectivity index (χ0v) is 12.8. The summed E-state index contributed by atoms with van der Waals surface area (Å²) >= 11 is 1.17. The van der Waals surface area contributed by atoms with Crippen LogP contribution in [0.3, 0.4) is 0 Å². The predicted octanol–water partition coefficient (Wildman–Crippen LogP) is 2.63. The van der Waals surface area contributed by atoms with E-state index in [1.54, 1.807) is 0 Å². The average molecular weight is 297 g/mol. The first-order valence-corrected chi connectivity index (χ1v) is 8.45. The van der Waals surface area contributed by atoms with Crippen LogP contribution in [0.5, 0.6) is 11.8 Å². The molecule has 1 saturated carbocycles. The van der Waals surface area contributed by atoms with Crippen molar-refractivity contribution in [3.63, 3.8) is 0 Å². The second-order valence-corrected chi connectivity index (χ2v) is 6.32. The van der Waals surface area contributed by atoms with E-state index in [1.807, 2.05) is 0 Å². The van der Waals surface area contributed by atoms with Gasteiger partial charge >= 0.3 is 0 Å². The number of rotatable bonds is 8. The van der Waals surface area contributed by atoms with Crippen molar-refractivity contribution in [2.24, 2.45) is 5.92 Å². The summed E-state index contributed by atoms with van der Waals surface area (Å²) < 4.78 is 20.1. The normalized spacial score (nSPS) is 27.9. The summed E-state index contributed by atoms with van der Waals surface area (Å²) in [5, 5.41) is 3.49. The van der Waals surface area contributed by atoms with Crippen LogP contribution < -0.4 is 14.8 Å². The molecule has 2 heterocycles. The maximum Gasteiger partial charge on any atom is 0.291 e. The minimum absolute atomic E-state index is 0.236. The molecule has 5 nitrogen and oxygen atoms in total. The van der Waals surface area contributed by atoms with E-state index in [1.165, 1.54) is 37.4 Å². The second kappa shape index (κ2) is 6.72. The van der Waals surface area contributed by atoms with Crippen LogP contribution in [-0.2, 0) is 0 Å². The summed E-state index contributed by atoms with van der Waals surface area (Å²) in [6, 6.07) is 0.485. The smallest absolute Gasteiger partial charge is 0.291 e. The lowest BCUT2D eigenvalue weighted by Gasteiger charge is -2.22. The Labute approximate surface area is 124 Å². The average Bonchev–Trinajstić information content (AvgIpc) is 3.16. The number of nitrogens with zero attached hydrogens (tertiary/aromatic N) is 2. The van der Waals surface area contributed by atoms with Crippen molar-refractivity contribution in [1.29, 1.82) is 0 Å². The number of fused-ring (bicyclic) bond motifs is 2. The van der Waals surface area contributed by atoms with Crippen molar-refractivity contribution in [2.75, 3.05) is 13.2 Å². The van der Waals surface area contributed by atoms with Crippen LogP contribution in [0.15, 0.2) is 0 Å². The molecule has 0 aromatic carbocycles. The lowest BCUT2D eigenvalue weighted by Crippen LogP contribution is -2.40. The summed E-state index contributed by atoms with van der Waals surface area (Å²) in [5.74, 6) is 1.94. The number of nitrogens with one attached hydrogen (secondary N) is 1. The summed E-state index contributed by atoms with van der Waals surface area (Å²) in [4.78, 5) is 0. The monoisotopic (exact) mass is 297 g/mol. The van der Waals surface area contributed by atoms with Gasteiger partial charge in [0, 0.05) is 6.04 Å². The Hall–Kier alpha value is -0.880. The molecule has 1 N–H and O–H groups in total. The molecule has 6 heteroatoms. The highest BCUT2D eigenvalue weighted by molar-refractivity contribution is 6.99. The highest BCUT2D eigenvalue weighted by Crippen LogP contribution is 2.35. The summed E-state index contributed by atoms with van der Waals surface area (Å²) in [6.45, 7) is 4.05. The Bertz CT molecular complexity index is 426. The Balaban J connectivity index is 1.46. The van der Waals surface area contributed by atoms with Crippen LogP contribution in [0, 0.1) is 5.92 Å². The zero-order valence-electron chi connectivity index (χ0n) is 12.0. The maximum atomic E-state index is 6.01. The van der Waals surface area contributed by atoms with Gasteiger partial charge in [0.05, 0.1) is 18.3 Å². The van der Waals surface area contributed by atoms with Gasteiger partial charge in [-0.3, -0.25) is 0 Å². The highest BCUT2D eigenvalue weighted by Gasteiger charge is 2.41. The van der Waals surface area contributed by atoms with E-state index in [0.717, 1.165) is 25.3 Å². The third kappa shape index (κ3) is 3.23. The molecule has 2 bridgehead atoms. The van der Waals surface area contributed by atoms with E-state index >= 15 is 0 Å². The first kappa shape index (κ1) is 14.1. The number of unbranched alkanes of at least 4 members (excludes halogenated alkanes) is 3. The number of piperidine rings is 1. The fraction of sp³-hybridized carbons (Fsp3) is 0.857. The van der Waals surface area contributed by atoms with E-state index in [0.29, 0.717) is 24.4 Å². The van der Waals surface area contributed by atoms with Gasteiger partial charge in [-0.25, -0.2) is 0 Å². The van der Waals surface area contributed by atoms with Gasteiger partial charge in [-0.05, 0) is 31.7 Å². The molecule has 2 aliphatic rings. The fourth-order valence-electron chi connectivity index (χ4n) is 3.10. The van der Waals surface area contributed by atoms with Crippen LogP contribution in [-0.4, -0.2) is 34.0 Å². The van der Waals surface area contributed by atoms with E-state index in [4.69, 9.17) is 9.47 Å². The molecule has 3 atom stereocenters. The Morgan fingerprint density at radius 1 is 1.20 bits per heavy atom. The van der Waals surface area contributed by atoms with Gasteiger partial charge in [-0.1, -0.05) is 26.2 Å². The van der Waals surface area contributed by atoms with Gasteiger partial charge in [0.1, 0.15) is 6.10 Å². The summed E-state index contributed by atoms with van der Waals surface area (Å²) in [5.41, 5.74) is 0. The van der Waals surface area contributed by atoms with Gasteiger partial charge in [-0.15, -0.1) is 8.75 Å². The molecule has 0 spiro atoms. The van der Waals surface area contributed by atoms with E-state index in [9.17, 15) is 0 Å². The molecule has 2 fully saturated rings. The standard InChI is InChI=1S/C14H23N3O2S/c1-2-3-4-5-6-18-13-14(17-20-16-13)19-12-8-10-7-11(12)15-9-10/h10-12,15H,2-9H2,1H3. The number of aromatic nitrogens is 2. The molecule has 0 amide bonds. The molecule has 1 aliphatic heterocycles. The summed E-state index contributed by atoms with van der Waals surface area (Å²) in [6.07, 6.45) is 7.38. The molecular formula is C14H23N3O2S. The Morgan fingerprint density at radius 3 is 2.85 bits per heavy atom. The maximum absolute atomic E-state index is 6.01. The molecular weight excluding hydrogens is 274 g/mol. The molecule has 0 radical (unpaired) electrons. The predicted molar refractivity (Wildman–Crippen MR) is 78.5 cm³/mol. The van der Waals surface area contributed by atoms with Crippen LogP contribution in [0.2, 0.25) is 0 Å². The van der Waals surface area contributed by atoms with Crippen molar-refractivity contribution in [2.45, 2.75) is 57.6 Å². The molecule has 1 aromatic heterocycles. The molecule has 3 rings (SSSR count). The lowest BCUT2D eigenvalue weighted by atomic mass is 10.1. The van der Waals surface area contributed by atoms with Crippen molar-refractivity contribution >= 4 is 11.7 Å². The van der Waals surface area contributed by atoms with Crippen molar-refractivity contribution in [1.82, 2.24) is 14.1 Å². The topological polar surface area (TPSA) is 56.3 Å². The SMILES string of the molecule is CCCCCCOc1nsnc1OC1CC2CNC1C2. The number of hydrogen-bond acceptors (Lipinski definition) is 6. The van der Waals surface area contributed by atoms with Crippen LogP contribution in [0.25, 0.3) is 0 Å². The van der Waals surface area contributed by atoms with Gasteiger partial charge in [0.25, 0.3) is 11.8 Å². The van der Waals surface area contributed by atoms with Crippen molar-refractivity contribution < 1.29 is 9.47 Å². The van der Waals surface area contributed by atoms with E-state index in [-0.39, 0.29) is 6.10 Å². The minimum Gasteiger partial charge on any atom is -0.473 e. The van der Waals surface area contributed by atoms with Gasteiger partial charge in [0.2, 0.25) is 0 Å². The third-order valence-electron chi connectivity index (χ3n) is 4.20. The van der Waals surface area contributed by atoms with Crippen LogP contribution >= 0.6 is 11.7 Å². The minimum atomic E-state index is 0.236. The van der Waals surface area contributed by atoms with Crippen molar-refractivity contribution in [3.05, 3.63) is 0 Å². The van der Waals surface area contributed by atoms with Crippen molar-refractivity contribution in [3.8, 4) is 11.8 Å². The molecule has 1 aromatic rings. The summed E-state index contributed by atoms with van der Waals surface area (Å²) in [7, 11) is 0. The third-order valence-corrected chi connectivity index (χ3v) is 4.70. The molecule has 1 saturated heterocycles. The Kier molecular flexibility index (Phi) is 4.73. The largest absolute Gasteiger partial charge is 0.473 e. The second-order valence-electron chi connectivity index (χ2n) is 5.79. The Morgan fingerprint density at radius 2 is 2.10 bits per heavy atom. The molecule has 3 unspecified atom stereocenters.